The van der Waals surface area contributed by atoms with Gasteiger partial charge >= 0.3 is 0 Å². The number of rotatable bonds is 3. The van der Waals surface area contributed by atoms with Crippen LogP contribution < -0.4 is 5.32 Å². The number of anilines is 1. The number of nitrogens with one attached hydrogen (secondary N) is 1. The summed E-state index contributed by atoms with van der Waals surface area (Å²) in [5.74, 6) is 0.599. The molecule has 0 radical (unpaired) electrons. The lowest BCUT2D eigenvalue weighted by atomic mass is 10.2. The molecule has 0 saturated carbocycles. The highest BCUT2D eigenvalue weighted by molar-refractivity contribution is 9.10. The van der Waals surface area contributed by atoms with Crippen LogP contribution in [0.5, 0.6) is 0 Å². The minimum atomic E-state index is 0.599. The molecule has 0 saturated heterocycles. The molecule has 3 aromatic rings. The molecule has 6 heteroatoms. The smallest absolute Gasteiger partial charge is 0.243 e. The number of fused-ring (bicyclic) bond motifs is 1. The normalized spacial score (nSPS) is 10.8. The zero-order chi connectivity index (χ0) is 13.2. The number of hydrogen-bond acceptors (Lipinski definition) is 3. The Morgan fingerprint density at radius 2 is 2.00 bits per heavy atom. The van der Waals surface area contributed by atoms with E-state index in [0.29, 0.717) is 12.5 Å². The second-order valence-corrected chi connectivity index (χ2v) is 5.33. The first-order valence-corrected chi connectivity index (χ1v) is 6.89. The largest absolute Gasteiger partial charge is 0.349 e. The predicted octanol–water partition coefficient (Wildman–Crippen LogP) is 3.76. The van der Waals surface area contributed by atoms with E-state index in [1.54, 1.807) is 4.52 Å². The van der Waals surface area contributed by atoms with Gasteiger partial charge in [0.25, 0.3) is 0 Å². The molecule has 96 valence electrons. The van der Waals surface area contributed by atoms with Gasteiger partial charge in [-0.15, -0.1) is 5.10 Å². The van der Waals surface area contributed by atoms with Crippen LogP contribution in [-0.2, 0) is 6.54 Å². The van der Waals surface area contributed by atoms with E-state index in [1.165, 1.54) is 0 Å². The molecule has 2 aromatic heterocycles. The van der Waals surface area contributed by atoms with Crippen molar-refractivity contribution >= 4 is 39.1 Å². The van der Waals surface area contributed by atoms with Gasteiger partial charge in [0.05, 0.1) is 4.47 Å². The molecule has 19 heavy (non-hydrogen) atoms. The Bertz CT molecular complexity index is 708. The van der Waals surface area contributed by atoms with Crippen molar-refractivity contribution in [3.63, 3.8) is 0 Å². The molecule has 0 aliphatic heterocycles. The van der Waals surface area contributed by atoms with E-state index in [4.69, 9.17) is 11.6 Å². The number of hydrogen-bond donors (Lipinski definition) is 1. The Labute approximate surface area is 123 Å². The first-order chi connectivity index (χ1) is 9.22. The summed E-state index contributed by atoms with van der Waals surface area (Å²) in [4.78, 5) is 4.41. The monoisotopic (exact) mass is 336 g/mol. The van der Waals surface area contributed by atoms with Gasteiger partial charge in [-0.3, -0.25) is 0 Å². The third-order valence-corrected chi connectivity index (χ3v) is 3.55. The van der Waals surface area contributed by atoms with Crippen molar-refractivity contribution < 1.29 is 0 Å². The molecule has 3 rings (SSSR count). The SMILES string of the molecule is Clc1ccc(CNc2nc3c(Br)cccn3n2)cc1. The van der Waals surface area contributed by atoms with Crippen LogP contribution in [0.4, 0.5) is 5.95 Å². The molecule has 2 heterocycles. The first kappa shape index (κ1) is 12.4. The minimum Gasteiger partial charge on any atom is -0.349 e. The summed E-state index contributed by atoms with van der Waals surface area (Å²) >= 11 is 9.29. The fourth-order valence-corrected chi connectivity index (χ4v) is 2.28. The molecule has 0 aliphatic carbocycles. The van der Waals surface area contributed by atoms with E-state index in [1.807, 2.05) is 42.6 Å². The van der Waals surface area contributed by atoms with Crippen molar-refractivity contribution in [2.75, 3.05) is 5.32 Å². The molecular weight excluding hydrogens is 328 g/mol. The summed E-state index contributed by atoms with van der Waals surface area (Å²) in [6.07, 6.45) is 1.86. The zero-order valence-corrected chi connectivity index (χ0v) is 12.2. The van der Waals surface area contributed by atoms with Crippen LogP contribution in [0.1, 0.15) is 5.56 Å². The summed E-state index contributed by atoms with van der Waals surface area (Å²) in [6.45, 7) is 0.658. The Morgan fingerprint density at radius 1 is 1.21 bits per heavy atom. The maximum Gasteiger partial charge on any atom is 0.243 e. The summed E-state index contributed by atoms with van der Waals surface area (Å²) in [7, 11) is 0. The highest BCUT2D eigenvalue weighted by Gasteiger charge is 2.05. The van der Waals surface area contributed by atoms with Crippen LogP contribution in [0.25, 0.3) is 5.65 Å². The van der Waals surface area contributed by atoms with Crippen molar-refractivity contribution in [3.05, 3.63) is 57.7 Å². The van der Waals surface area contributed by atoms with Gasteiger partial charge in [0.1, 0.15) is 0 Å². The molecule has 0 amide bonds. The molecule has 4 nitrogen and oxygen atoms in total. The van der Waals surface area contributed by atoms with Gasteiger partial charge in [-0.1, -0.05) is 23.7 Å². The molecule has 0 aliphatic rings. The molecule has 0 unspecified atom stereocenters. The Hall–Kier alpha value is -1.59. The van der Waals surface area contributed by atoms with Crippen molar-refractivity contribution in [2.45, 2.75) is 6.54 Å². The molecule has 0 bridgehead atoms. The van der Waals surface area contributed by atoms with Crippen molar-refractivity contribution in [1.82, 2.24) is 14.6 Å². The lowest BCUT2D eigenvalue weighted by Gasteiger charge is -2.01. The topological polar surface area (TPSA) is 42.2 Å². The van der Waals surface area contributed by atoms with Gasteiger partial charge in [0.15, 0.2) is 5.65 Å². The number of nitrogens with zero attached hydrogens (tertiary/aromatic N) is 3. The standard InChI is InChI=1S/C13H10BrClN4/c14-11-2-1-7-19-12(11)17-13(18-19)16-8-9-3-5-10(15)6-4-9/h1-7H,8H2,(H,16,18). The van der Waals surface area contributed by atoms with Crippen LogP contribution in [0.15, 0.2) is 47.1 Å². The number of pyridine rings is 1. The van der Waals surface area contributed by atoms with E-state index in [9.17, 15) is 0 Å². The van der Waals surface area contributed by atoms with Gasteiger partial charge in [-0.2, -0.15) is 4.98 Å². The van der Waals surface area contributed by atoms with Crippen LogP contribution >= 0.6 is 27.5 Å². The van der Waals surface area contributed by atoms with Gasteiger partial charge in [-0.05, 0) is 45.8 Å². The summed E-state index contributed by atoms with van der Waals surface area (Å²) in [5, 5.41) is 8.27. The third kappa shape index (κ3) is 2.72. The van der Waals surface area contributed by atoms with Crippen LogP contribution in [0.2, 0.25) is 5.02 Å². The molecule has 0 spiro atoms. The van der Waals surface area contributed by atoms with Crippen molar-refractivity contribution in [2.24, 2.45) is 0 Å². The lowest BCUT2D eigenvalue weighted by Crippen LogP contribution is -2.00. The maximum absolute atomic E-state index is 5.85. The quantitative estimate of drug-likeness (QED) is 0.791. The fraction of sp³-hybridized carbons (Fsp3) is 0.0769. The third-order valence-electron chi connectivity index (χ3n) is 2.68. The van der Waals surface area contributed by atoms with E-state index < -0.39 is 0 Å². The minimum absolute atomic E-state index is 0.599. The molecule has 0 fully saturated rings. The maximum atomic E-state index is 5.85. The number of aromatic nitrogens is 3. The Morgan fingerprint density at radius 3 is 2.74 bits per heavy atom. The summed E-state index contributed by atoms with van der Waals surface area (Å²) in [6, 6.07) is 11.5. The highest BCUT2D eigenvalue weighted by atomic mass is 79.9. The number of benzene rings is 1. The summed E-state index contributed by atoms with van der Waals surface area (Å²) < 4.78 is 2.65. The Balaban J connectivity index is 1.78. The van der Waals surface area contributed by atoms with Gasteiger partial charge in [-0.25, -0.2) is 4.52 Å². The molecule has 0 atom stereocenters. The molecular formula is C13H10BrClN4. The number of halogens is 2. The first-order valence-electron chi connectivity index (χ1n) is 5.71. The van der Waals surface area contributed by atoms with Gasteiger partial charge < -0.3 is 5.32 Å². The predicted molar refractivity (Wildman–Crippen MR) is 79.5 cm³/mol. The van der Waals surface area contributed by atoms with Crippen LogP contribution in [0.3, 0.4) is 0 Å². The fourth-order valence-electron chi connectivity index (χ4n) is 1.73. The molecule has 1 aromatic carbocycles. The van der Waals surface area contributed by atoms with Crippen LogP contribution in [-0.4, -0.2) is 14.6 Å². The average molecular weight is 338 g/mol. The lowest BCUT2D eigenvalue weighted by molar-refractivity contribution is 0.948. The Kier molecular flexibility index (Phi) is 3.40. The zero-order valence-electron chi connectivity index (χ0n) is 9.85. The second kappa shape index (κ2) is 5.19. The molecule has 1 N–H and O–H groups in total. The second-order valence-electron chi connectivity index (χ2n) is 4.04. The van der Waals surface area contributed by atoms with Crippen LogP contribution in [0, 0.1) is 0 Å². The van der Waals surface area contributed by atoms with Crippen molar-refractivity contribution in [1.29, 1.82) is 0 Å². The van der Waals surface area contributed by atoms with Crippen molar-refractivity contribution in [3.8, 4) is 0 Å². The van der Waals surface area contributed by atoms with E-state index in [0.717, 1.165) is 20.7 Å². The van der Waals surface area contributed by atoms with E-state index >= 15 is 0 Å². The van der Waals surface area contributed by atoms with E-state index in [2.05, 4.69) is 31.3 Å². The van der Waals surface area contributed by atoms with Gasteiger partial charge in [0.2, 0.25) is 5.95 Å². The van der Waals surface area contributed by atoms with E-state index in [-0.39, 0.29) is 0 Å². The average Bonchev–Trinajstić information content (AvgIpc) is 2.83. The van der Waals surface area contributed by atoms with Gasteiger partial charge in [0, 0.05) is 17.8 Å². The highest BCUT2D eigenvalue weighted by Crippen LogP contribution is 2.17. The summed E-state index contributed by atoms with van der Waals surface area (Å²) in [5.41, 5.74) is 1.92.